The first-order chi connectivity index (χ1) is 9.43. The molecule has 110 valence electrons. The summed E-state index contributed by atoms with van der Waals surface area (Å²) in [5.41, 5.74) is -1.32. The Morgan fingerprint density at radius 2 is 2.25 bits per heavy atom. The summed E-state index contributed by atoms with van der Waals surface area (Å²) in [5.74, 6) is -0.398. The van der Waals surface area contributed by atoms with Gasteiger partial charge in [-0.15, -0.1) is 0 Å². The van der Waals surface area contributed by atoms with Crippen molar-refractivity contribution >= 4 is 5.91 Å². The molecule has 1 aromatic heterocycles. The van der Waals surface area contributed by atoms with Crippen LogP contribution in [0.15, 0.2) is 21.9 Å². The van der Waals surface area contributed by atoms with Crippen LogP contribution in [0.3, 0.4) is 0 Å². The zero-order chi connectivity index (χ0) is 14.9. The summed E-state index contributed by atoms with van der Waals surface area (Å²) in [4.78, 5) is 35.8. The summed E-state index contributed by atoms with van der Waals surface area (Å²) in [7, 11) is 0. The van der Waals surface area contributed by atoms with Crippen molar-refractivity contribution in [1.29, 1.82) is 0 Å². The third-order valence-corrected chi connectivity index (χ3v) is 3.05. The molecular weight excluding hydrogens is 270 g/mol. The van der Waals surface area contributed by atoms with Crippen LogP contribution >= 0.6 is 0 Å². The first kappa shape index (κ1) is 14.4. The van der Waals surface area contributed by atoms with Crippen LogP contribution in [-0.4, -0.2) is 50.5 Å². The lowest BCUT2D eigenvalue weighted by atomic mass is 10.1. The van der Waals surface area contributed by atoms with Gasteiger partial charge in [-0.25, -0.2) is 4.79 Å². The van der Waals surface area contributed by atoms with Crippen molar-refractivity contribution < 1.29 is 19.7 Å². The normalized spacial score (nSPS) is 29.4. The number of nitrogens with zero attached hydrogens (tertiary/aromatic N) is 1. The molecule has 9 nitrogen and oxygen atoms in total. The van der Waals surface area contributed by atoms with E-state index in [-0.39, 0.29) is 0 Å². The van der Waals surface area contributed by atoms with E-state index < -0.39 is 48.2 Å². The van der Waals surface area contributed by atoms with Gasteiger partial charge in [0.15, 0.2) is 6.23 Å². The quantitative estimate of drug-likeness (QED) is 0.477. The maximum atomic E-state index is 11.7. The number of aliphatic hydroxyl groups excluding tert-OH is 2. The van der Waals surface area contributed by atoms with Crippen molar-refractivity contribution in [3.63, 3.8) is 0 Å². The molecule has 1 amide bonds. The van der Waals surface area contributed by atoms with E-state index in [0.29, 0.717) is 0 Å². The summed E-state index contributed by atoms with van der Waals surface area (Å²) in [6.45, 7) is 0.831. The average molecular weight is 285 g/mol. The van der Waals surface area contributed by atoms with Gasteiger partial charge in [0, 0.05) is 19.2 Å². The molecule has 1 fully saturated rings. The fourth-order valence-corrected chi connectivity index (χ4v) is 2.17. The molecule has 1 aromatic rings. The van der Waals surface area contributed by atoms with Gasteiger partial charge in [0.2, 0.25) is 5.91 Å². The van der Waals surface area contributed by atoms with Crippen LogP contribution < -0.4 is 16.6 Å². The minimum absolute atomic E-state index is 0.398. The lowest BCUT2D eigenvalue weighted by Gasteiger charge is -2.19. The van der Waals surface area contributed by atoms with E-state index in [0.717, 1.165) is 10.6 Å². The first-order valence-corrected chi connectivity index (χ1v) is 5.97. The second-order valence-electron chi connectivity index (χ2n) is 4.48. The Morgan fingerprint density at radius 3 is 2.80 bits per heavy atom. The van der Waals surface area contributed by atoms with E-state index in [2.05, 4.69) is 5.32 Å². The van der Waals surface area contributed by atoms with Gasteiger partial charge in [-0.2, -0.15) is 0 Å². The smallest absolute Gasteiger partial charge is 0.330 e. The van der Waals surface area contributed by atoms with E-state index in [1.807, 2.05) is 4.98 Å². The minimum Gasteiger partial charge on any atom is -0.394 e. The number of H-pyrrole nitrogens is 1. The molecule has 0 aliphatic carbocycles. The highest BCUT2D eigenvalue weighted by atomic mass is 16.5. The maximum absolute atomic E-state index is 11.7. The number of aromatic amines is 1. The standard InChI is InChI=1S/C11H15N3O6/c1-5(16)12-8-6(4-15)20-10(9(8)18)14-3-2-7(17)13-11(14)19/h2-3,6,8-10,15,18H,4H2,1H3,(H,12,16)(H,13,17,19). The SMILES string of the molecule is CC(=O)NC1C(CO)OC(n2ccc(=O)[nH]c2=O)C1O. The third kappa shape index (κ3) is 2.64. The van der Waals surface area contributed by atoms with Crippen LogP contribution in [0.25, 0.3) is 0 Å². The number of carbonyl (C=O) groups is 1. The molecule has 9 heteroatoms. The van der Waals surface area contributed by atoms with Crippen molar-refractivity contribution in [1.82, 2.24) is 14.9 Å². The average Bonchev–Trinajstić information content (AvgIpc) is 2.67. The summed E-state index contributed by atoms with van der Waals surface area (Å²) in [6, 6.07) is 0.262. The maximum Gasteiger partial charge on any atom is 0.330 e. The van der Waals surface area contributed by atoms with Crippen LogP contribution in [-0.2, 0) is 9.53 Å². The van der Waals surface area contributed by atoms with E-state index in [4.69, 9.17) is 4.74 Å². The summed E-state index contributed by atoms with van der Waals surface area (Å²) >= 11 is 0. The second kappa shape index (κ2) is 5.57. The Balaban J connectivity index is 2.32. The molecule has 20 heavy (non-hydrogen) atoms. The van der Waals surface area contributed by atoms with Crippen molar-refractivity contribution in [2.45, 2.75) is 31.4 Å². The monoisotopic (exact) mass is 285 g/mol. The fourth-order valence-electron chi connectivity index (χ4n) is 2.17. The predicted molar refractivity (Wildman–Crippen MR) is 65.9 cm³/mol. The molecule has 1 aliphatic rings. The van der Waals surface area contributed by atoms with Crippen LogP contribution in [0.5, 0.6) is 0 Å². The fraction of sp³-hybridized carbons (Fsp3) is 0.545. The summed E-state index contributed by atoms with van der Waals surface area (Å²) in [5, 5.41) is 21.8. The summed E-state index contributed by atoms with van der Waals surface area (Å²) in [6.07, 6.45) is -2.01. The largest absolute Gasteiger partial charge is 0.394 e. The van der Waals surface area contributed by atoms with Gasteiger partial charge in [-0.05, 0) is 0 Å². The molecule has 1 aliphatic heterocycles. The highest BCUT2D eigenvalue weighted by Crippen LogP contribution is 2.27. The minimum atomic E-state index is -1.24. The Bertz CT molecular complexity index is 609. The number of hydrogen-bond donors (Lipinski definition) is 4. The van der Waals surface area contributed by atoms with E-state index >= 15 is 0 Å². The highest BCUT2D eigenvalue weighted by molar-refractivity contribution is 5.73. The number of rotatable bonds is 3. The molecular formula is C11H15N3O6. The van der Waals surface area contributed by atoms with Crippen LogP contribution in [0.2, 0.25) is 0 Å². The lowest BCUT2D eigenvalue weighted by Crippen LogP contribution is -2.48. The molecule has 1 saturated heterocycles. The van der Waals surface area contributed by atoms with E-state index in [1.54, 1.807) is 0 Å². The Kier molecular flexibility index (Phi) is 4.02. The zero-order valence-corrected chi connectivity index (χ0v) is 10.6. The lowest BCUT2D eigenvalue weighted by molar-refractivity contribution is -0.120. The van der Waals surface area contributed by atoms with Crippen molar-refractivity contribution in [3.8, 4) is 0 Å². The molecule has 4 atom stereocenters. The first-order valence-electron chi connectivity index (χ1n) is 5.97. The highest BCUT2D eigenvalue weighted by Gasteiger charge is 2.45. The molecule has 4 unspecified atom stereocenters. The van der Waals surface area contributed by atoms with Crippen LogP contribution in [0, 0.1) is 0 Å². The number of carbonyl (C=O) groups excluding carboxylic acids is 1. The molecule has 0 radical (unpaired) electrons. The van der Waals surface area contributed by atoms with E-state index in [1.165, 1.54) is 13.1 Å². The Hall–Kier alpha value is -1.97. The number of nitrogens with one attached hydrogen (secondary N) is 2. The number of amides is 1. The van der Waals surface area contributed by atoms with E-state index in [9.17, 15) is 24.6 Å². The molecule has 0 spiro atoms. The third-order valence-electron chi connectivity index (χ3n) is 3.05. The molecule has 0 aromatic carbocycles. The van der Waals surface area contributed by atoms with Gasteiger partial charge in [0.05, 0.1) is 12.6 Å². The van der Waals surface area contributed by atoms with Gasteiger partial charge < -0.3 is 20.3 Å². The number of hydrogen-bond acceptors (Lipinski definition) is 6. The van der Waals surface area contributed by atoms with Gasteiger partial charge in [-0.3, -0.25) is 19.1 Å². The molecule has 4 N–H and O–H groups in total. The Morgan fingerprint density at radius 1 is 1.55 bits per heavy atom. The number of aliphatic hydroxyl groups is 2. The van der Waals surface area contributed by atoms with Gasteiger partial charge in [0.25, 0.3) is 5.56 Å². The molecule has 2 rings (SSSR count). The summed E-state index contributed by atoms with van der Waals surface area (Å²) < 4.78 is 6.37. The van der Waals surface area contributed by atoms with Crippen molar-refractivity contribution in [2.24, 2.45) is 0 Å². The molecule has 2 heterocycles. The predicted octanol–water partition coefficient (Wildman–Crippen LogP) is -2.71. The number of aromatic nitrogens is 2. The second-order valence-corrected chi connectivity index (χ2v) is 4.48. The Labute approximate surface area is 112 Å². The molecule has 0 saturated carbocycles. The van der Waals surface area contributed by atoms with Gasteiger partial charge >= 0.3 is 5.69 Å². The van der Waals surface area contributed by atoms with Gasteiger partial charge in [-0.1, -0.05) is 0 Å². The van der Waals surface area contributed by atoms with Gasteiger partial charge in [0.1, 0.15) is 12.2 Å². The van der Waals surface area contributed by atoms with Crippen LogP contribution in [0.1, 0.15) is 13.2 Å². The topological polar surface area (TPSA) is 134 Å². The number of ether oxygens (including phenoxy) is 1. The van der Waals surface area contributed by atoms with Crippen molar-refractivity contribution in [2.75, 3.05) is 6.61 Å². The van der Waals surface area contributed by atoms with Crippen LogP contribution in [0.4, 0.5) is 0 Å². The molecule has 0 bridgehead atoms. The zero-order valence-electron chi connectivity index (χ0n) is 10.6. The van der Waals surface area contributed by atoms with Crippen molar-refractivity contribution in [3.05, 3.63) is 33.1 Å².